The standard InChI is InChI=1S/C22H25FN2O5/c1-2-29-22(28)30-19-11-7-17(8-12-19)21(27)25-15-3-14-24-20(26)13-6-16-4-9-18(23)10-5-16/h4-5,7-12H,2-3,6,13-15H2,1H3,(H,24,26)(H,25,27). The normalized spacial score (nSPS) is 10.2. The Morgan fingerprint density at radius 2 is 1.60 bits per heavy atom. The monoisotopic (exact) mass is 416 g/mol. The third-order valence-corrected chi connectivity index (χ3v) is 4.10. The van der Waals surface area contributed by atoms with Crippen LogP contribution in [0.2, 0.25) is 0 Å². The second-order valence-corrected chi connectivity index (χ2v) is 6.40. The van der Waals surface area contributed by atoms with Gasteiger partial charge in [0.25, 0.3) is 5.91 Å². The molecule has 0 atom stereocenters. The summed E-state index contributed by atoms with van der Waals surface area (Å²) in [6.07, 6.45) is 0.643. The van der Waals surface area contributed by atoms with Crippen LogP contribution < -0.4 is 15.4 Å². The number of carbonyl (C=O) groups is 3. The maximum atomic E-state index is 12.8. The Balaban J connectivity index is 1.60. The first kappa shape index (κ1) is 22.9. The van der Waals surface area contributed by atoms with Gasteiger partial charge >= 0.3 is 6.16 Å². The summed E-state index contributed by atoms with van der Waals surface area (Å²) in [7, 11) is 0. The van der Waals surface area contributed by atoms with Crippen LogP contribution in [0.1, 0.15) is 35.7 Å². The summed E-state index contributed by atoms with van der Waals surface area (Å²) in [5, 5.41) is 5.55. The average Bonchev–Trinajstić information content (AvgIpc) is 2.73. The molecule has 0 aliphatic carbocycles. The summed E-state index contributed by atoms with van der Waals surface area (Å²) < 4.78 is 22.5. The van der Waals surface area contributed by atoms with E-state index in [1.807, 2.05) is 0 Å². The lowest BCUT2D eigenvalue weighted by atomic mass is 10.1. The fourth-order valence-corrected chi connectivity index (χ4v) is 2.54. The average molecular weight is 416 g/mol. The second kappa shape index (κ2) is 12.2. The summed E-state index contributed by atoms with van der Waals surface area (Å²) in [5.41, 5.74) is 1.33. The Labute approximate surface area is 174 Å². The number of hydrogen-bond acceptors (Lipinski definition) is 5. The van der Waals surface area contributed by atoms with Crippen molar-refractivity contribution in [2.24, 2.45) is 0 Å². The number of nitrogens with one attached hydrogen (secondary N) is 2. The van der Waals surface area contributed by atoms with Crippen molar-refractivity contribution in [1.29, 1.82) is 0 Å². The summed E-state index contributed by atoms with van der Waals surface area (Å²) in [6, 6.07) is 12.2. The van der Waals surface area contributed by atoms with Crippen LogP contribution in [-0.2, 0) is 16.0 Å². The zero-order valence-corrected chi connectivity index (χ0v) is 16.8. The molecular weight excluding hydrogens is 391 g/mol. The van der Waals surface area contributed by atoms with Gasteiger partial charge in [0.2, 0.25) is 5.91 Å². The Morgan fingerprint density at radius 3 is 2.27 bits per heavy atom. The third kappa shape index (κ3) is 8.30. The van der Waals surface area contributed by atoms with E-state index in [4.69, 9.17) is 4.74 Å². The summed E-state index contributed by atoms with van der Waals surface area (Å²) in [5.74, 6) is -0.372. The van der Waals surface area contributed by atoms with Gasteiger partial charge < -0.3 is 20.1 Å². The van der Waals surface area contributed by atoms with Gasteiger partial charge in [-0.05, 0) is 61.7 Å². The van der Waals surface area contributed by atoms with Crippen molar-refractivity contribution in [3.63, 3.8) is 0 Å². The van der Waals surface area contributed by atoms with E-state index in [-0.39, 0.29) is 30.0 Å². The highest BCUT2D eigenvalue weighted by Gasteiger charge is 2.08. The van der Waals surface area contributed by atoms with E-state index < -0.39 is 6.16 Å². The largest absolute Gasteiger partial charge is 0.513 e. The van der Waals surface area contributed by atoms with Gasteiger partial charge in [0, 0.05) is 25.1 Å². The van der Waals surface area contributed by atoms with Gasteiger partial charge in [-0.1, -0.05) is 12.1 Å². The lowest BCUT2D eigenvalue weighted by Crippen LogP contribution is -2.30. The first-order chi connectivity index (χ1) is 14.5. The molecule has 0 radical (unpaired) electrons. The molecule has 0 spiro atoms. The Bertz CT molecular complexity index is 838. The van der Waals surface area contributed by atoms with Gasteiger partial charge in [-0.15, -0.1) is 0 Å². The van der Waals surface area contributed by atoms with Crippen molar-refractivity contribution < 1.29 is 28.2 Å². The molecule has 0 heterocycles. The highest BCUT2D eigenvalue weighted by atomic mass is 19.1. The van der Waals surface area contributed by atoms with Crippen LogP contribution in [0.25, 0.3) is 0 Å². The molecule has 0 saturated heterocycles. The van der Waals surface area contributed by atoms with Gasteiger partial charge in [0.1, 0.15) is 11.6 Å². The molecule has 30 heavy (non-hydrogen) atoms. The first-order valence-corrected chi connectivity index (χ1v) is 9.72. The highest BCUT2D eigenvalue weighted by Crippen LogP contribution is 2.13. The highest BCUT2D eigenvalue weighted by molar-refractivity contribution is 5.94. The van der Waals surface area contributed by atoms with Crippen LogP contribution in [0.5, 0.6) is 5.75 Å². The topological polar surface area (TPSA) is 93.7 Å². The van der Waals surface area contributed by atoms with Crippen molar-refractivity contribution >= 4 is 18.0 Å². The molecule has 0 bridgehead atoms. The molecule has 0 unspecified atom stereocenters. The molecule has 2 N–H and O–H groups in total. The van der Waals surface area contributed by atoms with Crippen molar-refractivity contribution in [2.45, 2.75) is 26.2 Å². The SMILES string of the molecule is CCOC(=O)Oc1ccc(C(=O)NCCCNC(=O)CCc2ccc(F)cc2)cc1. The van der Waals surface area contributed by atoms with E-state index in [1.165, 1.54) is 24.3 Å². The number of amides is 2. The molecule has 2 rings (SSSR count). The number of aryl methyl sites for hydroxylation is 1. The molecule has 7 nitrogen and oxygen atoms in total. The predicted molar refractivity (Wildman–Crippen MR) is 109 cm³/mol. The fourth-order valence-electron chi connectivity index (χ4n) is 2.54. The van der Waals surface area contributed by atoms with Crippen LogP contribution in [0.3, 0.4) is 0 Å². The van der Waals surface area contributed by atoms with Crippen LogP contribution in [0, 0.1) is 5.82 Å². The molecule has 2 amide bonds. The van der Waals surface area contributed by atoms with Crippen LogP contribution in [0.4, 0.5) is 9.18 Å². The molecule has 0 aliphatic heterocycles. The van der Waals surface area contributed by atoms with Crippen LogP contribution in [0.15, 0.2) is 48.5 Å². The molecular formula is C22H25FN2O5. The van der Waals surface area contributed by atoms with Crippen molar-refractivity contribution in [3.8, 4) is 5.75 Å². The van der Waals surface area contributed by atoms with E-state index in [2.05, 4.69) is 15.4 Å². The quantitative estimate of drug-likeness (QED) is 0.352. The molecule has 8 heteroatoms. The fraction of sp³-hybridized carbons (Fsp3) is 0.318. The van der Waals surface area contributed by atoms with Gasteiger partial charge in [0.15, 0.2) is 0 Å². The molecule has 0 saturated carbocycles. The Morgan fingerprint density at radius 1 is 0.933 bits per heavy atom. The zero-order chi connectivity index (χ0) is 21.8. The van der Waals surface area contributed by atoms with E-state index in [9.17, 15) is 18.8 Å². The molecule has 2 aromatic carbocycles. The molecule has 160 valence electrons. The summed E-state index contributed by atoms with van der Waals surface area (Å²) in [4.78, 5) is 35.2. The molecule has 0 fully saturated rings. The summed E-state index contributed by atoms with van der Waals surface area (Å²) in [6.45, 7) is 2.73. The van der Waals surface area contributed by atoms with E-state index >= 15 is 0 Å². The number of carbonyl (C=O) groups excluding carboxylic acids is 3. The second-order valence-electron chi connectivity index (χ2n) is 6.40. The number of halogens is 1. The predicted octanol–water partition coefficient (Wildman–Crippen LogP) is 3.23. The molecule has 0 aliphatic rings. The minimum Gasteiger partial charge on any atom is -0.434 e. The Kier molecular flexibility index (Phi) is 9.30. The Hall–Kier alpha value is -3.42. The number of rotatable bonds is 10. The van der Waals surface area contributed by atoms with E-state index in [1.54, 1.807) is 31.2 Å². The van der Waals surface area contributed by atoms with Gasteiger partial charge in [-0.2, -0.15) is 0 Å². The van der Waals surface area contributed by atoms with Gasteiger partial charge in [-0.25, -0.2) is 9.18 Å². The first-order valence-electron chi connectivity index (χ1n) is 9.72. The van der Waals surface area contributed by atoms with Gasteiger partial charge in [0.05, 0.1) is 6.61 Å². The lowest BCUT2D eigenvalue weighted by Gasteiger charge is -2.08. The smallest absolute Gasteiger partial charge is 0.434 e. The van der Waals surface area contributed by atoms with Crippen molar-refractivity contribution in [3.05, 3.63) is 65.5 Å². The van der Waals surface area contributed by atoms with Gasteiger partial charge in [-0.3, -0.25) is 9.59 Å². The van der Waals surface area contributed by atoms with Crippen molar-refractivity contribution in [2.75, 3.05) is 19.7 Å². The van der Waals surface area contributed by atoms with Crippen molar-refractivity contribution in [1.82, 2.24) is 10.6 Å². The van der Waals surface area contributed by atoms with Crippen LogP contribution >= 0.6 is 0 Å². The van der Waals surface area contributed by atoms with E-state index in [0.717, 1.165) is 5.56 Å². The molecule has 0 aromatic heterocycles. The number of hydrogen-bond donors (Lipinski definition) is 2. The number of benzene rings is 2. The summed E-state index contributed by atoms with van der Waals surface area (Å²) >= 11 is 0. The molecule has 2 aromatic rings. The maximum Gasteiger partial charge on any atom is 0.513 e. The minimum atomic E-state index is -0.797. The zero-order valence-electron chi connectivity index (χ0n) is 16.8. The third-order valence-electron chi connectivity index (χ3n) is 4.10. The maximum absolute atomic E-state index is 12.8. The number of ether oxygens (including phenoxy) is 2. The van der Waals surface area contributed by atoms with Crippen LogP contribution in [-0.4, -0.2) is 37.7 Å². The lowest BCUT2D eigenvalue weighted by molar-refractivity contribution is -0.121. The minimum absolute atomic E-state index is 0.0946. The van der Waals surface area contributed by atoms with E-state index in [0.29, 0.717) is 37.9 Å².